The SMILES string of the molecule is CCCCCCCC1CCC(COc2ccc(C(=O)Oc3ccc(CC(C)CC)c(F)c3F)cc2)CC1. The highest BCUT2D eigenvalue weighted by molar-refractivity contribution is 5.91. The fraction of sp³-hybridized carbons (Fsp3) is 0.594. The second kappa shape index (κ2) is 15.1. The maximum atomic E-state index is 14.5. The molecule has 1 aliphatic rings. The third-order valence-corrected chi connectivity index (χ3v) is 7.85. The van der Waals surface area contributed by atoms with E-state index in [0.717, 1.165) is 12.3 Å². The Morgan fingerprint density at radius 1 is 0.892 bits per heavy atom. The van der Waals surface area contributed by atoms with Crippen molar-refractivity contribution in [2.75, 3.05) is 6.61 Å². The number of unbranched alkanes of at least 4 members (excludes halogenated alkanes) is 4. The largest absolute Gasteiger partial charge is 0.493 e. The topological polar surface area (TPSA) is 35.5 Å². The molecule has 1 saturated carbocycles. The molecule has 0 bridgehead atoms. The summed E-state index contributed by atoms with van der Waals surface area (Å²) >= 11 is 0. The van der Waals surface area contributed by atoms with E-state index in [1.54, 1.807) is 24.3 Å². The summed E-state index contributed by atoms with van der Waals surface area (Å²) in [5.74, 6) is -0.820. The molecule has 0 radical (unpaired) electrons. The van der Waals surface area contributed by atoms with Crippen molar-refractivity contribution in [3.8, 4) is 11.5 Å². The molecule has 5 heteroatoms. The highest BCUT2D eigenvalue weighted by atomic mass is 19.2. The summed E-state index contributed by atoms with van der Waals surface area (Å²) in [6.45, 7) is 6.93. The normalized spacial score (nSPS) is 18.4. The Balaban J connectivity index is 1.42. The van der Waals surface area contributed by atoms with Crippen molar-refractivity contribution >= 4 is 5.97 Å². The molecule has 2 aromatic rings. The van der Waals surface area contributed by atoms with Gasteiger partial charge in [0.2, 0.25) is 5.82 Å². The first-order valence-corrected chi connectivity index (χ1v) is 14.3. The Labute approximate surface area is 222 Å². The van der Waals surface area contributed by atoms with Crippen LogP contribution in [0.25, 0.3) is 0 Å². The second-order valence-electron chi connectivity index (χ2n) is 10.9. The van der Waals surface area contributed by atoms with E-state index in [0.29, 0.717) is 30.3 Å². The van der Waals surface area contributed by atoms with Crippen LogP contribution in [0.5, 0.6) is 11.5 Å². The third-order valence-electron chi connectivity index (χ3n) is 7.85. The van der Waals surface area contributed by atoms with E-state index in [1.165, 1.54) is 76.3 Å². The minimum absolute atomic E-state index is 0.239. The molecule has 0 N–H and O–H groups in total. The lowest BCUT2D eigenvalue weighted by Crippen LogP contribution is -2.20. The van der Waals surface area contributed by atoms with Gasteiger partial charge in [-0.15, -0.1) is 0 Å². The molecule has 1 fully saturated rings. The molecule has 0 spiro atoms. The summed E-state index contributed by atoms with van der Waals surface area (Å²) < 4.78 is 40.1. The van der Waals surface area contributed by atoms with Crippen LogP contribution in [0.2, 0.25) is 0 Å². The number of rotatable bonds is 14. The van der Waals surface area contributed by atoms with Crippen molar-refractivity contribution in [1.29, 1.82) is 0 Å². The van der Waals surface area contributed by atoms with Gasteiger partial charge in [0.25, 0.3) is 0 Å². The third kappa shape index (κ3) is 9.12. The monoisotopic (exact) mass is 514 g/mol. The van der Waals surface area contributed by atoms with Gasteiger partial charge in [-0.2, -0.15) is 4.39 Å². The van der Waals surface area contributed by atoms with E-state index in [1.807, 2.05) is 13.8 Å². The van der Waals surface area contributed by atoms with Crippen LogP contribution in [0.3, 0.4) is 0 Å². The van der Waals surface area contributed by atoms with E-state index in [-0.39, 0.29) is 11.5 Å². The molecular formula is C32H44F2O3. The van der Waals surface area contributed by atoms with E-state index < -0.39 is 23.4 Å². The van der Waals surface area contributed by atoms with E-state index in [4.69, 9.17) is 9.47 Å². The molecule has 0 amide bonds. The van der Waals surface area contributed by atoms with Crippen LogP contribution in [0.15, 0.2) is 36.4 Å². The Hall–Kier alpha value is -2.43. The average Bonchev–Trinajstić information content (AvgIpc) is 2.92. The van der Waals surface area contributed by atoms with Gasteiger partial charge in [-0.1, -0.05) is 84.6 Å². The van der Waals surface area contributed by atoms with Crippen molar-refractivity contribution in [2.24, 2.45) is 17.8 Å². The first-order valence-electron chi connectivity index (χ1n) is 14.3. The summed E-state index contributed by atoms with van der Waals surface area (Å²) in [6, 6.07) is 9.46. The molecule has 0 saturated heterocycles. The zero-order valence-electron chi connectivity index (χ0n) is 22.9. The number of carbonyl (C=O) groups excluding carboxylic acids is 1. The van der Waals surface area contributed by atoms with Crippen molar-refractivity contribution in [3.63, 3.8) is 0 Å². The lowest BCUT2D eigenvalue weighted by Gasteiger charge is -2.28. The second-order valence-corrected chi connectivity index (χ2v) is 10.9. The van der Waals surface area contributed by atoms with Crippen LogP contribution in [0, 0.1) is 29.4 Å². The number of esters is 1. The molecule has 3 rings (SSSR count). The van der Waals surface area contributed by atoms with E-state index in [2.05, 4.69) is 6.92 Å². The standard InChI is InChI=1S/C32H44F2O3/c1-4-6-7-8-9-10-24-11-13-25(14-12-24)22-36-28-18-15-26(16-19-28)32(35)37-29-20-17-27(21-23(3)5-2)30(33)31(29)34/h15-20,23-25H,4-14,21-22H2,1-3H3. The molecular weight excluding hydrogens is 470 g/mol. The summed E-state index contributed by atoms with van der Waals surface area (Å²) in [7, 11) is 0. The number of hydrogen-bond donors (Lipinski definition) is 0. The van der Waals surface area contributed by atoms with Crippen molar-refractivity contribution in [3.05, 3.63) is 59.2 Å². The molecule has 204 valence electrons. The number of hydrogen-bond acceptors (Lipinski definition) is 3. The van der Waals surface area contributed by atoms with Crippen LogP contribution < -0.4 is 9.47 Å². The summed E-state index contributed by atoms with van der Waals surface area (Å²) in [5.41, 5.74) is 0.555. The number of ether oxygens (including phenoxy) is 2. The van der Waals surface area contributed by atoms with Crippen molar-refractivity contribution in [2.45, 2.75) is 97.8 Å². The molecule has 2 aromatic carbocycles. The number of benzene rings is 2. The highest BCUT2D eigenvalue weighted by Gasteiger charge is 2.22. The molecule has 37 heavy (non-hydrogen) atoms. The molecule has 0 aromatic heterocycles. The summed E-state index contributed by atoms with van der Waals surface area (Å²) in [4.78, 5) is 12.5. The Kier molecular flexibility index (Phi) is 11.9. The van der Waals surface area contributed by atoms with Gasteiger partial charge in [-0.05, 0) is 72.9 Å². The predicted molar refractivity (Wildman–Crippen MR) is 145 cm³/mol. The van der Waals surface area contributed by atoms with Crippen LogP contribution in [0.4, 0.5) is 8.78 Å². The first-order chi connectivity index (χ1) is 17.9. The molecule has 0 heterocycles. The van der Waals surface area contributed by atoms with Gasteiger partial charge in [-0.3, -0.25) is 0 Å². The van der Waals surface area contributed by atoms with Gasteiger partial charge >= 0.3 is 5.97 Å². The number of halogens is 2. The van der Waals surface area contributed by atoms with Gasteiger partial charge < -0.3 is 9.47 Å². The molecule has 1 atom stereocenters. The smallest absolute Gasteiger partial charge is 0.343 e. The Morgan fingerprint density at radius 3 is 2.24 bits per heavy atom. The first kappa shape index (κ1) is 29.1. The molecule has 1 aliphatic carbocycles. The summed E-state index contributed by atoms with van der Waals surface area (Å²) in [5, 5.41) is 0. The van der Waals surface area contributed by atoms with Gasteiger partial charge in [-0.25, -0.2) is 9.18 Å². The number of carbonyl (C=O) groups is 1. The highest BCUT2D eigenvalue weighted by Crippen LogP contribution is 2.33. The molecule has 1 unspecified atom stereocenters. The zero-order chi connectivity index (χ0) is 26.6. The van der Waals surface area contributed by atoms with E-state index in [9.17, 15) is 13.6 Å². The Morgan fingerprint density at radius 2 is 1.57 bits per heavy atom. The minimum Gasteiger partial charge on any atom is -0.493 e. The van der Waals surface area contributed by atoms with Crippen LogP contribution >= 0.6 is 0 Å². The molecule has 0 aliphatic heterocycles. The van der Waals surface area contributed by atoms with Gasteiger partial charge in [0.1, 0.15) is 5.75 Å². The lowest BCUT2D eigenvalue weighted by atomic mass is 9.80. The van der Waals surface area contributed by atoms with Crippen molar-refractivity contribution in [1.82, 2.24) is 0 Å². The lowest BCUT2D eigenvalue weighted by molar-refractivity contribution is 0.0726. The molecule has 3 nitrogen and oxygen atoms in total. The van der Waals surface area contributed by atoms with Crippen LogP contribution in [0.1, 0.15) is 107 Å². The fourth-order valence-electron chi connectivity index (χ4n) is 5.11. The quantitative estimate of drug-likeness (QED) is 0.143. The minimum atomic E-state index is -1.12. The fourth-order valence-corrected chi connectivity index (χ4v) is 5.11. The van der Waals surface area contributed by atoms with Gasteiger partial charge in [0.05, 0.1) is 12.2 Å². The zero-order valence-corrected chi connectivity index (χ0v) is 22.9. The van der Waals surface area contributed by atoms with Crippen molar-refractivity contribution < 1.29 is 23.0 Å². The van der Waals surface area contributed by atoms with Crippen LogP contribution in [-0.4, -0.2) is 12.6 Å². The average molecular weight is 515 g/mol. The maximum absolute atomic E-state index is 14.5. The maximum Gasteiger partial charge on any atom is 0.343 e. The predicted octanol–water partition coefficient (Wildman–Crippen LogP) is 9.32. The van der Waals surface area contributed by atoms with Gasteiger partial charge in [0.15, 0.2) is 11.6 Å². The van der Waals surface area contributed by atoms with E-state index >= 15 is 0 Å². The summed E-state index contributed by atoms with van der Waals surface area (Å²) in [6.07, 6.45) is 14.5. The van der Waals surface area contributed by atoms with Gasteiger partial charge in [0, 0.05) is 0 Å². The Bertz CT molecular complexity index is 965. The van der Waals surface area contributed by atoms with Crippen LogP contribution in [-0.2, 0) is 6.42 Å².